The van der Waals surface area contributed by atoms with Gasteiger partial charge in [0.05, 0.1) is 0 Å². The molecule has 0 bridgehead atoms. The van der Waals surface area contributed by atoms with Gasteiger partial charge in [0.1, 0.15) is 5.82 Å². The molecule has 106 valence electrons. The molecule has 1 aromatic rings. The van der Waals surface area contributed by atoms with Gasteiger partial charge in [0.15, 0.2) is 0 Å². The standard InChI is InChI=1S/C14H24N4S/c1-18(2)13-15-10-7-12(17-13)16-11-14(19-3)8-5-4-6-9-14/h7,10H,4-6,8-9,11H2,1-3H3,(H,15,16,17). The van der Waals surface area contributed by atoms with Gasteiger partial charge in [-0.1, -0.05) is 19.3 Å². The molecule has 1 heterocycles. The maximum absolute atomic E-state index is 4.52. The molecule has 1 aliphatic rings. The topological polar surface area (TPSA) is 41.1 Å². The Labute approximate surface area is 120 Å². The molecule has 0 saturated heterocycles. The predicted molar refractivity (Wildman–Crippen MR) is 84.2 cm³/mol. The van der Waals surface area contributed by atoms with Crippen molar-refractivity contribution < 1.29 is 0 Å². The number of rotatable bonds is 5. The van der Waals surface area contributed by atoms with E-state index in [1.54, 1.807) is 0 Å². The van der Waals surface area contributed by atoms with Crippen molar-refractivity contribution in [2.75, 3.05) is 37.1 Å². The number of nitrogens with one attached hydrogen (secondary N) is 1. The Kier molecular flexibility index (Phi) is 4.91. The summed E-state index contributed by atoms with van der Waals surface area (Å²) in [5, 5.41) is 3.50. The Morgan fingerprint density at radius 2 is 2.05 bits per heavy atom. The third-order valence-electron chi connectivity index (χ3n) is 3.83. The average molecular weight is 280 g/mol. The lowest BCUT2D eigenvalue weighted by Gasteiger charge is -2.36. The number of nitrogens with zero attached hydrogens (tertiary/aromatic N) is 3. The fourth-order valence-electron chi connectivity index (χ4n) is 2.56. The molecule has 0 aliphatic heterocycles. The number of thioether (sulfide) groups is 1. The van der Waals surface area contributed by atoms with E-state index in [4.69, 9.17) is 0 Å². The summed E-state index contributed by atoms with van der Waals surface area (Å²) in [5.41, 5.74) is 0. The van der Waals surface area contributed by atoms with Crippen LogP contribution in [0.3, 0.4) is 0 Å². The Morgan fingerprint density at radius 1 is 1.32 bits per heavy atom. The van der Waals surface area contributed by atoms with Gasteiger partial charge in [-0.3, -0.25) is 0 Å². The minimum absolute atomic E-state index is 0.390. The van der Waals surface area contributed by atoms with Crippen LogP contribution in [0.5, 0.6) is 0 Å². The molecule has 0 amide bonds. The van der Waals surface area contributed by atoms with Crippen LogP contribution >= 0.6 is 11.8 Å². The fraction of sp³-hybridized carbons (Fsp3) is 0.714. The number of anilines is 2. The quantitative estimate of drug-likeness (QED) is 0.898. The highest BCUT2D eigenvalue weighted by molar-refractivity contribution is 8.00. The molecule has 0 spiro atoms. The smallest absolute Gasteiger partial charge is 0.226 e. The highest BCUT2D eigenvalue weighted by Gasteiger charge is 2.30. The summed E-state index contributed by atoms with van der Waals surface area (Å²) in [5.74, 6) is 1.68. The lowest BCUT2D eigenvalue weighted by atomic mass is 9.88. The largest absolute Gasteiger partial charge is 0.369 e. The first-order valence-electron chi connectivity index (χ1n) is 6.95. The molecule has 0 radical (unpaired) electrons. The lowest BCUT2D eigenvalue weighted by Crippen LogP contribution is -2.35. The van der Waals surface area contributed by atoms with Gasteiger partial charge in [-0.2, -0.15) is 16.7 Å². The van der Waals surface area contributed by atoms with Crippen molar-refractivity contribution in [2.45, 2.75) is 36.9 Å². The van der Waals surface area contributed by atoms with Gasteiger partial charge in [-0.25, -0.2) is 4.98 Å². The summed E-state index contributed by atoms with van der Waals surface area (Å²) in [7, 11) is 3.92. The SMILES string of the molecule is CSC1(CNc2ccnc(N(C)C)n2)CCCCC1. The molecular weight excluding hydrogens is 256 g/mol. The number of aromatic nitrogens is 2. The van der Waals surface area contributed by atoms with Crippen molar-refractivity contribution in [1.29, 1.82) is 0 Å². The van der Waals surface area contributed by atoms with Crippen LogP contribution in [0.25, 0.3) is 0 Å². The third-order valence-corrected chi connectivity index (χ3v) is 5.25. The van der Waals surface area contributed by atoms with Crippen LogP contribution in [0.4, 0.5) is 11.8 Å². The summed E-state index contributed by atoms with van der Waals surface area (Å²) in [6.45, 7) is 0.998. The predicted octanol–water partition coefficient (Wildman–Crippen LogP) is 3.02. The van der Waals surface area contributed by atoms with Gasteiger partial charge >= 0.3 is 0 Å². The van der Waals surface area contributed by atoms with Gasteiger partial charge in [0.2, 0.25) is 5.95 Å². The zero-order valence-corrected chi connectivity index (χ0v) is 13.0. The first-order valence-corrected chi connectivity index (χ1v) is 8.17. The van der Waals surface area contributed by atoms with Gasteiger partial charge < -0.3 is 10.2 Å². The Morgan fingerprint density at radius 3 is 2.68 bits per heavy atom. The maximum Gasteiger partial charge on any atom is 0.226 e. The van der Waals surface area contributed by atoms with Crippen LogP contribution in [0, 0.1) is 0 Å². The van der Waals surface area contributed by atoms with E-state index in [9.17, 15) is 0 Å². The van der Waals surface area contributed by atoms with E-state index in [1.807, 2.05) is 43.0 Å². The van der Waals surface area contributed by atoms with E-state index in [-0.39, 0.29) is 0 Å². The maximum atomic E-state index is 4.52. The van der Waals surface area contributed by atoms with Gasteiger partial charge in [0.25, 0.3) is 0 Å². The van der Waals surface area contributed by atoms with E-state index in [0.29, 0.717) is 4.75 Å². The summed E-state index contributed by atoms with van der Waals surface area (Å²) in [6.07, 6.45) is 10.8. The molecule has 5 heteroatoms. The molecule has 1 aliphatic carbocycles. The molecular formula is C14H24N4S. The Bertz CT molecular complexity index is 402. The van der Waals surface area contributed by atoms with Crippen LogP contribution in [0.2, 0.25) is 0 Å². The van der Waals surface area contributed by atoms with Gasteiger partial charge in [0, 0.05) is 31.6 Å². The van der Waals surface area contributed by atoms with E-state index >= 15 is 0 Å². The minimum atomic E-state index is 0.390. The Balaban J connectivity index is 1.99. The molecule has 0 unspecified atom stereocenters. The molecule has 2 rings (SSSR count). The first-order chi connectivity index (χ1) is 9.15. The zero-order chi connectivity index (χ0) is 13.7. The molecule has 0 aromatic carbocycles. The molecule has 0 atom stereocenters. The van der Waals surface area contributed by atoms with E-state index in [0.717, 1.165) is 18.3 Å². The van der Waals surface area contributed by atoms with E-state index in [2.05, 4.69) is 21.5 Å². The second kappa shape index (κ2) is 6.46. The van der Waals surface area contributed by atoms with Crippen molar-refractivity contribution >= 4 is 23.5 Å². The summed E-state index contributed by atoms with van der Waals surface area (Å²) in [4.78, 5) is 10.7. The fourth-order valence-corrected chi connectivity index (χ4v) is 3.48. The number of hydrogen-bond donors (Lipinski definition) is 1. The van der Waals surface area contributed by atoms with Crippen LogP contribution in [-0.2, 0) is 0 Å². The highest BCUT2D eigenvalue weighted by Crippen LogP contribution is 2.38. The van der Waals surface area contributed by atoms with Crippen LogP contribution in [-0.4, -0.2) is 41.6 Å². The second-order valence-electron chi connectivity index (χ2n) is 5.44. The van der Waals surface area contributed by atoms with E-state index in [1.165, 1.54) is 32.1 Å². The molecule has 1 N–H and O–H groups in total. The summed E-state index contributed by atoms with van der Waals surface area (Å²) < 4.78 is 0.390. The minimum Gasteiger partial charge on any atom is -0.369 e. The van der Waals surface area contributed by atoms with Crippen LogP contribution in [0.15, 0.2) is 12.3 Å². The lowest BCUT2D eigenvalue weighted by molar-refractivity contribution is 0.411. The van der Waals surface area contributed by atoms with Crippen molar-refractivity contribution in [3.05, 3.63) is 12.3 Å². The monoisotopic (exact) mass is 280 g/mol. The molecule has 1 saturated carbocycles. The molecule has 4 nitrogen and oxygen atoms in total. The van der Waals surface area contributed by atoms with Crippen molar-refractivity contribution in [3.8, 4) is 0 Å². The van der Waals surface area contributed by atoms with E-state index < -0.39 is 0 Å². The van der Waals surface area contributed by atoms with Crippen molar-refractivity contribution in [1.82, 2.24) is 9.97 Å². The summed E-state index contributed by atoms with van der Waals surface area (Å²) >= 11 is 2.01. The average Bonchev–Trinajstić information content (AvgIpc) is 2.46. The molecule has 19 heavy (non-hydrogen) atoms. The number of hydrogen-bond acceptors (Lipinski definition) is 5. The van der Waals surface area contributed by atoms with Crippen LogP contribution in [0.1, 0.15) is 32.1 Å². The molecule has 1 fully saturated rings. The zero-order valence-electron chi connectivity index (χ0n) is 12.1. The van der Waals surface area contributed by atoms with Crippen LogP contribution < -0.4 is 10.2 Å². The van der Waals surface area contributed by atoms with Crippen molar-refractivity contribution in [3.63, 3.8) is 0 Å². The summed E-state index contributed by atoms with van der Waals surface area (Å²) in [6, 6.07) is 1.95. The molecule has 1 aromatic heterocycles. The van der Waals surface area contributed by atoms with Gasteiger partial charge in [-0.05, 0) is 25.2 Å². The highest BCUT2D eigenvalue weighted by atomic mass is 32.2. The van der Waals surface area contributed by atoms with Gasteiger partial charge in [-0.15, -0.1) is 0 Å². The Hall–Kier alpha value is -0.970. The normalized spacial score (nSPS) is 18.1. The third kappa shape index (κ3) is 3.75. The second-order valence-corrected chi connectivity index (χ2v) is 6.71. The van der Waals surface area contributed by atoms with Crippen molar-refractivity contribution in [2.24, 2.45) is 0 Å². The first kappa shape index (κ1) is 14.4.